The second-order valence-electron chi connectivity index (χ2n) is 10.4. The molecule has 0 saturated carbocycles. The Morgan fingerprint density at radius 3 is 2.39 bits per heavy atom. The van der Waals surface area contributed by atoms with E-state index in [1.54, 1.807) is 6.07 Å². The van der Waals surface area contributed by atoms with Crippen molar-refractivity contribution >= 4 is 16.7 Å². The van der Waals surface area contributed by atoms with Gasteiger partial charge in [0.15, 0.2) is 0 Å². The number of nitrogens with zero attached hydrogens (tertiary/aromatic N) is 1. The van der Waals surface area contributed by atoms with Crippen LogP contribution in [0.15, 0.2) is 59.4 Å². The van der Waals surface area contributed by atoms with Crippen LogP contribution in [-0.2, 0) is 13.0 Å². The van der Waals surface area contributed by atoms with Crippen LogP contribution < -0.4 is 21.4 Å². The molecule has 1 atom stereocenters. The Morgan fingerprint density at radius 2 is 1.68 bits per heavy atom. The molecule has 1 heterocycles. The van der Waals surface area contributed by atoms with Gasteiger partial charge in [0.25, 0.3) is 11.5 Å². The highest BCUT2D eigenvalue weighted by molar-refractivity contribution is 5.96. The van der Waals surface area contributed by atoms with Gasteiger partial charge in [0, 0.05) is 12.1 Å². The van der Waals surface area contributed by atoms with Gasteiger partial charge in [-0.15, -0.1) is 4.73 Å². The molecule has 3 N–H and O–H groups in total. The summed E-state index contributed by atoms with van der Waals surface area (Å²) >= 11 is 0. The maximum atomic E-state index is 13.6. The highest BCUT2D eigenvalue weighted by atomic mass is 16.7. The van der Waals surface area contributed by atoms with E-state index in [0.29, 0.717) is 18.4 Å². The van der Waals surface area contributed by atoms with Crippen molar-refractivity contribution in [3.8, 4) is 0 Å². The van der Waals surface area contributed by atoms with Crippen molar-refractivity contribution in [2.75, 3.05) is 6.54 Å². The third kappa shape index (κ3) is 8.19. The first-order valence-corrected chi connectivity index (χ1v) is 14.3. The maximum absolute atomic E-state index is 13.6. The molecule has 38 heavy (non-hydrogen) atoms. The number of nitrogens with two attached hydrogens (primary N) is 1. The monoisotopic (exact) mass is 519 g/mol. The molecule has 1 aromatic heterocycles. The minimum Gasteiger partial charge on any atom is -0.405 e. The fourth-order valence-electron chi connectivity index (χ4n) is 4.92. The normalized spacial score (nSPS) is 12.8. The lowest BCUT2D eigenvalue weighted by Crippen LogP contribution is -2.43. The Kier molecular flexibility index (Phi) is 11.4. The molecule has 0 radical (unpaired) electrons. The number of carbonyl (C=O) groups is 1. The summed E-state index contributed by atoms with van der Waals surface area (Å²) in [5, 5.41) is 4.28. The zero-order chi connectivity index (χ0) is 27.4. The van der Waals surface area contributed by atoms with Gasteiger partial charge in [0.2, 0.25) is 0 Å². The Hall–Kier alpha value is -3.12. The number of unbranched alkanes of at least 4 members (excludes halogenated alkanes) is 4. The minimum absolute atomic E-state index is 0.182. The van der Waals surface area contributed by atoms with Crippen molar-refractivity contribution in [1.82, 2.24) is 10.0 Å². The summed E-state index contributed by atoms with van der Waals surface area (Å²) in [6.07, 6.45) is 10.4. The van der Waals surface area contributed by atoms with Crippen LogP contribution in [0.1, 0.15) is 100 Å². The maximum Gasteiger partial charge on any atom is 0.291 e. The van der Waals surface area contributed by atoms with Crippen LogP contribution >= 0.6 is 0 Å². The molecule has 0 fully saturated rings. The molecule has 1 unspecified atom stereocenters. The van der Waals surface area contributed by atoms with E-state index in [9.17, 15) is 9.59 Å². The van der Waals surface area contributed by atoms with Crippen LogP contribution in [-0.4, -0.2) is 22.7 Å². The molecule has 3 rings (SSSR count). The molecule has 6 nitrogen and oxygen atoms in total. The third-order valence-electron chi connectivity index (χ3n) is 7.41. The predicted octanol–water partition coefficient (Wildman–Crippen LogP) is 6.17. The van der Waals surface area contributed by atoms with Gasteiger partial charge < -0.3 is 15.9 Å². The number of nitrogens with one attached hydrogen (secondary N) is 1. The Labute approximate surface area is 227 Å². The number of hydrogen-bond donors (Lipinski definition) is 2. The van der Waals surface area contributed by atoms with E-state index in [0.717, 1.165) is 53.3 Å². The summed E-state index contributed by atoms with van der Waals surface area (Å²) in [6.45, 7) is 7.03. The molecule has 0 spiro atoms. The third-order valence-corrected chi connectivity index (χ3v) is 7.41. The molecule has 0 aliphatic rings. The van der Waals surface area contributed by atoms with E-state index in [-0.39, 0.29) is 29.3 Å². The van der Waals surface area contributed by atoms with Gasteiger partial charge in [-0.2, -0.15) is 0 Å². The first-order chi connectivity index (χ1) is 18.4. The van der Waals surface area contributed by atoms with Crippen LogP contribution in [0.3, 0.4) is 0 Å². The largest absolute Gasteiger partial charge is 0.405 e. The van der Waals surface area contributed by atoms with Gasteiger partial charge in [-0.25, -0.2) is 0 Å². The number of aryl methyl sites for hydroxylation is 1. The Morgan fingerprint density at radius 1 is 0.921 bits per heavy atom. The van der Waals surface area contributed by atoms with Crippen molar-refractivity contribution < 1.29 is 9.63 Å². The molecule has 206 valence electrons. The molecule has 3 aromatic rings. The van der Waals surface area contributed by atoms with E-state index < -0.39 is 0 Å². The topological polar surface area (TPSA) is 86.3 Å². The van der Waals surface area contributed by atoms with Crippen molar-refractivity contribution in [1.29, 1.82) is 0 Å². The average Bonchev–Trinajstić information content (AvgIpc) is 2.93. The zero-order valence-corrected chi connectivity index (χ0v) is 23.4. The van der Waals surface area contributed by atoms with Gasteiger partial charge in [-0.3, -0.25) is 9.59 Å². The highest BCUT2D eigenvalue weighted by Gasteiger charge is 2.23. The predicted molar refractivity (Wildman–Crippen MR) is 156 cm³/mol. The SMILES string of the molecule is CCCCCCCc1ccc2cc(C(=O)NCCC(N)(CC)CCC)n(OCc3ccccc3)c(=O)c2c1. The smallest absolute Gasteiger partial charge is 0.291 e. The number of carbonyl (C=O) groups excluding carboxylic acids is 1. The summed E-state index contributed by atoms with van der Waals surface area (Å²) in [5.74, 6) is -0.341. The van der Waals surface area contributed by atoms with Crippen LogP contribution in [0.25, 0.3) is 10.8 Å². The second kappa shape index (κ2) is 14.7. The first kappa shape index (κ1) is 29.4. The minimum atomic E-state index is -0.341. The van der Waals surface area contributed by atoms with E-state index >= 15 is 0 Å². The second-order valence-corrected chi connectivity index (χ2v) is 10.4. The van der Waals surface area contributed by atoms with E-state index in [1.165, 1.54) is 25.7 Å². The summed E-state index contributed by atoms with van der Waals surface area (Å²) < 4.78 is 1.16. The Balaban J connectivity index is 1.86. The van der Waals surface area contributed by atoms with Crippen molar-refractivity contribution in [3.63, 3.8) is 0 Å². The molecule has 2 aromatic carbocycles. The van der Waals surface area contributed by atoms with Crippen molar-refractivity contribution in [2.45, 2.75) is 97.1 Å². The summed E-state index contributed by atoms with van der Waals surface area (Å²) in [6, 6.07) is 17.4. The van der Waals surface area contributed by atoms with Gasteiger partial charge in [0.05, 0.1) is 5.39 Å². The van der Waals surface area contributed by atoms with E-state index in [1.807, 2.05) is 42.5 Å². The van der Waals surface area contributed by atoms with Crippen LogP contribution in [0.4, 0.5) is 0 Å². The van der Waals surface area contributed by atoms with Crippen molar-refractivity contribution in [2.24, 2.45) is 5.73 Å². The molecule has 0 saturated heterocycles. The molecule has 0 aliphatic carbocycles. The number of pyridine rings is 1. The lowest BCUT2D eigenvalue weighted by atomic mass is 9.88. The molecule has 6 heteroatoms. The number of hydrogen-bond acceptors (Lipinski definition) is 4. The van der Waals surface area contributed by atoms with Gasteiger partial charge in [-0.1, -0.05) is 95.3 Å². The van der Waals surface area contributed by atoms with Crippen LogP contribution in [0, 0.1) is 0 Å². The van der Waals surface area contributed by atoms with Crippen molar-refractivity contribution in [3.05, 3.63) is 81.8 Å². The number of rotatable bonds is 16. The van der Waals surface area contributed by atoms with Gasteiger partial charge >= 0.3 is 0 Å². The Bertz CT molecular complexity index is 1220. The van der Waals surface area contributed by atoms with E-state index in [4.69, 9.17) is 10.6 Å². The standard InChI is InChI=1S/C32H45N3O3/c1-4-7-8-9-11-14-25-17-18-27-23-29(30(36)34-21-20-32(33,6-3)19-5-2)35(31(37)28(27)22-25)38-24-26-15-12-10-13-16-26/h10,12-13,15-18,22-23H,4-9,11,14,19-21,24,33H2,1-3H3,(H,34,36). The number of amides is 1. The molecule has 0 bridgehead atoms. The summed E-state index contributed by atoms with van der Waals surface area (Å²) in [5.41, 5.74) is 8.14. The van der Waals surface area contributed by atoms with Gasteiger partial charge in [0.1, 0.15) is 12.3 Å². The number of aromatic nitrogens is 1. The lowest BCUT2D eigenvalue weighted by molar-refractivity contribution is 0.0717. The molecule has 0 aliphatic heterocycles. The molecular formula is C32H45N3O3. The number of benzene rings is 2. The lowest BCUT2D eigenvalue weighted by Gasteiger charge is -2.28. The van der Waals surface area contributed by atoms with Crippen LogP contribution in [0.5, 0.6) is 0 Å². The summed E-state index contributed by atoms with van der Waals surface area (Å²) in [7, 11) is 0. The molecule has 1 amide bonds. The van der Waals surface area contributed by atoms with Gasteiger partial charge in [-0.05, 0) is 60.7 Å². The fraction of sp³-hybridized carbons (Fsp3) is 0.500. The highest BCUT2D eigenvalue weighted by Crippen LogP contribution is 2.19. The zero-order valence-electron chi connectivity index (χ0n) is 23.4. The summed E-state index contributed by atoms with van der Waals surface area (Å²) in [4.78, 5) is 32.9. The first-order valence-electron chi connectivity index (χ1n) is 14.3. The average molecular weight is 520 g/mol. The fourth-order valence-corrected chi connectivity index (χ4v) is 4.92. The quantitative estimate of drug-likeness (QED) is 0.222. The van der Waals surface area contributed by atoms with Crippen LogP contribution in [0.2, 0.25) is 0 Å². The molecular weight excluding hydrogens is 474 g/mol. The number of fused-ring (bicyclic) bond motifs is 1. The van der Waals surface area contributed by atoms with E-state index in [2.05, 4.69) is 32.2 Å².